The topological polar surface area (TPSA) is 103 Å². The van der Waals surface area contributed by atoms with Crippen LogP contribution in [0.1, 0.15) is 26.3 Å². The largest absolute Gasteiger partial charge is 0.491 e. The lowest BCUT2D eigenvalue weighted by Crippen LogP contribution is -2.60. The number of benzene rings is 1. The van der Waals surface area contributed by atoms with Crippen LogP contribution in [0.25, 0.3) is 0 Å². The lowest BCUT2D eigenvalue weighted by Gasteiger charge is -2.44. The van der Waals surface area contributed by atoms with Crippen LogP contribution in [0.4, 0.5) is 4.79 Å². The lowest BCUT2D eigenvalue weighted by molar-refractivity contribution is -0.137. The lowest BCUT2D eigenvalue weighted by atomic mass is 9.83. The van der Waals surface area contributed by atoms with E-state index in [9.17, 15) is 14.7 Å². The van der Waals surface area contributed by atoms with Crippen LogP contribution in [0.15, 0.2) is 24.3 Å². The Morgan fingerprint density at radius 3 is 2.33 bits per heavy atom. The minimum atomic E-state index is -0.712. The van der Waals surface area contributed by atoms with E-state index in [-0.39, 0.29) is 30.3 Å². The van der Waals surface area contributed by atoms with Crippen LogP contribution in [0, 0.1) is 23.2 Å². The SMILES string of the molecule is CC(C)(C)OC(=O)N1CC2CN(CC(O)COc3ccc(C#N)cc3)CC(C1)C2=O. The van der Waals surface area contributed by atoms with Crippen LogP contribution in [0.3, 0.4) is 0 Å². The van der Waals surface area contributed by atoms with E-state index in [0.717, 1.165) is 0 Å². The highest BCUT2D eigenvalue weighted by atomic mass is 16.6. The summed E-state index contributed by atoms with van der Waals surface area (Å²) in [6.07, 6.45) is -1.09. The van der Waals surface area contributed by atoms with Crippen molar-refractivity contribution in [1.82, 2.24) is 9.80 Å². The number of hydrogen-bond donors (Lipinski definition) is 1. The summed E-state index contributed by atoms with van der Waals surface area (Å²) in [5, 5.41) is 19.2. The molecule has 1 aromatic rings. The fraction of sp³-hybridized carbons (Fsp3) is 0.591. The van der Waals surface area contributed by atoms with Crippen molar-refractivity contribution >= 4 is 11.9 Å². The molecule has 1 aromatic carbocycles. The Labute approximate surface area is 177 Å². The van der Waals surface area contributed by atoms with Crippen molar-refractivity contribution in [3.63, 3.8) is 0 Å². The molecule has 0 spiro atoms. The van der Waals surface area contributed by atoms with Crippen molar-refractivity contribution in [2.24, 2.45) is 11.8 Å². The summed E-state index contributed by atoms with van der Waals surface area (Å²) in [6.45, 7) is 7.68. The number of piperidine rings is 2. The summed E-state index contributed by atoms with van der Waals surface area (Å²) in [5.41, 5.74) is -0.0218. The van der Waals surface area contributed by atoms with Crippen molar-refractivity contribution in [2.45, 2.75) is 32.5 Å². The summed E-state index contributed by atoms with van der Waals surface area (Å²) in [7, 11) is 0. The van der Waals surface area contributed by atoms with Gasteiger partial charge in [0, 0.05) is 44.6 Å². The van der Waals surface area contributed by atoms with Crippen LogP contribution in [0.2, 0.25) is 0 Å². The molecule has 8 heteroatoms. The maximum Gasteiger partial charge on any atom is 0.410 e. The number of ketones is 1. The third-order valence-corrected chi connectivity index (χ3v) is 5.19. The minimum Gasteiger partial charge on any atom is -0.491 e. The van der Waals surface area contributed by atoms with Gasteiger partial charge in [0.15, 0.2) is 0 Å². The molecule has 3 rings (SSSR count). The van der Waals surface area contributed by atoms with Gasteiger partial charge in [-0.2, -0.15) is 5.26 Å². The molecule has 2 aliphatic rings. The van der Waals surface area contributed by atoms with Crippen LogP contribution >= 0.6 is 0 Å². The highest BCUT2D eigenvalue weighted by Crippen LogP contribution is 2.27. The molecule has 2 heterocycles. The van der Waals surface area contributed by atoms with E-state index in [0.29, 0.717) is 44.0 Å². The third-order valence-electron chi connectivity index (χ3n) is 5.19. The molecule has 0 saturated carbocycles. The quantitative estimate of drug-likeness (QED) is 0.780. The van der Waals surface area contributed by atoms with Crippen LogP contribution < -0.4 is 4.74 Å². The zero-order valence-electron chi connectivity index (χ0n) is 17.7. The fourth-order valence-electron chi connectivity index (χ4n) is 3.91. The first-order valence-corrected chi connectivity index (χ1v) is 10.2. The van der Waals surface area contributed by atoms with Gasteiger partial charge in [-0.1, -0.05) is 0 Å². The number of fused-ring (bicyclic) bond motifs is 2. The van der Waals surface area contributed by atoms with Crippen LogP contribution in [-0.2, 0) is 9.53 Å². The molecule has 3 atom stereocenters. The van der Waals surface area contributed by atoms with Gasteiger partial charge >= 0.3 is 6.09 Å². The number of Topliss-reactive ketones (excluding diaryl/α,β-unsaturated/α-hetero) is 1. The first-order valence-electron chi connectivity index (χ1n) is 10.2. The van der Waals surface area contributed by atoms with Gasteiger partial charge in [0.1, 0.15) is 29.8 Å². The number of nitriles is 1. The van der Waals surface area contributed by atoms with E-state index in [2.05, 4.69) is 4.90 Å². The number of aliphatic hydroxyl groups excluding tert-OH is 1. The molecule has 0 aliphatic carbocycles. The summed E-state index contributed by atoms with van der Waals surface area (Å²) >= 11 is 0. The van der Waals surface area contributed by atoms with Crippen molar-refractivity contribution in [3.8, 4) is 11.8 Å². The fourth-order valence-corrected chi connectivity index (χ4v) is 3.91. The smallest absolute Gasteiger partial charge is 0.410 e. The van der Waals surface area contributed by atoms with Crippen LogP contribution in [-0.4, -0.2) is 77.8 Å². The van der Waals surface area contributed by atoms with Gasteiger partial charge in [-0.25, -0.2) is 4.79 Å². The molecule has 2 saturated heterocycles. The minimum absolute atomic E-state index is 0.121. The molecule has 30 heavy (non-hydrogen) atoms. The summed E-state index contributed by atoms with van der Waals surface area (Å²) in [5.74, 6) is 0.245. The number of rotatable bonds is 5. The number of carbonyl (C=O) groups is 2. The predicted octanol–water partition coefficient (Wildman–Crippen LogP) is 1.67. The molecule has 1 amide bonds. The van der Waals surface area contributed by atoms with Gasteiger partial charge in [0.2, 0.25) is 0 Å². The number of β-amino-alcohol motifs (C(OH)–C–C–N with tert-alkyl or cyclic N) is 1. The molecular formula is C22H29N3O5. The van der Waals surface area contributed by atoms with Crippen molar-refractivity contribution in [1.29, 1.82) is 5.26 Å². The molecular weight excluding hydrogens is 386 g/mol. The van der Waals surface area contributed by atoms with Gasteiger partial charge in [0.05, 0.1) is 11.6 Å². The second-order valence-corrected chi connectivity index (χ2v) is 9.00. The first kappa shape index (κ1) is 22.1. The standard InChI is InChI=1S/C22H29N3O5/c1-22(2,3)30-21(28)25-11-16-9-24(10-17(12-25)20(16)27)13-18(26)14-29-19-6-4-15(8-23)5-7-19/h4-7,16-18,26H,9-14H2,1-3H3. The van der Waals surface area contributed by atoms with Crippen molar-refractivity contribution in [3.05, 3.63) is 29.8 Å². The van der Waals surface area contributed by atoms with E-state index < -0.39 is 11.7 Å². The Bertz CT molecular complexity index is 794. The van der Waals surface area contributed by atoms with E-state index >= 15 is 0 Å². The van der Waals surface area contributed by atoms with E-state index in [1.165, 1.54) is 0 Å². The third kappa shape index (κ3) is 5.71. The molecule has 2 aliphatic heterocycles. The Balaban J connectivity index is 1.49. The van der Waals surface area contributed by atoms with E-state index in [1.807, 2.05) is 26.8 Å². The maximum absolute atomic E-state index is 12.5. The molecule has 2 bridgehead atoms. The number of nitrogens with zero attached hydrogens (tertiary/aromatic N) is 3. The number of aliphatic hydroxyl groups is 1. The molecule has 1 N–H and O–H groups in total. The number of carbonyl (C=O) groups excluding carboxylic acids is 2. The Morgan fingerprint density at radius 2 is 1.80 bits per heavy atom. The van der Waals surface area contributed by atoms with Gasteiger partial charge in [-0.05, 0) is 45.0 Å². The van der Waals surface area contributed by atoms with Gasteiger partial charge < -0.3 is 19.5 Å². The van der Waals surface area contributed by atoms with Crippen molar-refractivity contribution < 1.29 is 24.2 Å². The molecule has 162 valence electrons. The van der Waals surface area contributed by atoms with Crippen molar-refractivity contribution in [2.75, 3.05) is 39.3 Å². The average Bonchev–Trinajstić information content (AvgIpc) is 2.66. The average molecular weight is 415 g/mol. The monoisotopic (exact) mass is 415 g/mol. The zero-order chi connectivity index (χ0) is 21.9. The molecule has 8 nitrogen and oxygen atoms in total. The van der Waals surface area contributed by atoms with Gasteiger partial charge in [-0.3, -0.25) is 9.69 Å². The molecule has 0 aromatic heterocycles. The first-order chi connectivity index (χ1) is 14.1. The highest BCUT2D eigenvalue weighted by Gasteiger charge is 2.43. The Hall–Kier alpha value is -2.63. The molecule has 2 fully saturated rings. The predicted molar refractivity (Wildman–Crippen MR) is 109 cm³/mol. The highest BCUT2D eigenvalue weighted by molar-refractivity contribution is 5.87. The Morgan fingerprint density at radius 1 is 1.20 bits per heavy atom. The maximum atomic E-state index is 12.5. The number of ether oxygens (including phenoxy) is 2. The molecule has 3 unspecified atom stereocenters. The normalized spacial score (nSPS) is 22.9. The zero-order valence-corrected chi connectivity index (χ0v) is 17.7. The summed E-state index contributed by atoms with van der Waals surface area (Å²) in [6, 6.07) is 8.76. The van der Waals surface area contributed by atoms with E-state index in [1.54, 1.807) is 29.2 Å². The number of hydrogen-bond acceptors (Lipinski definition) is 7. The molecule has 0 radical (unpaired) electrons. The number of amides is 1. The Kier molecular flexibility index (Phi) is 6.64. The van der Waals surface area contributed by atoms with Gasteiger partial charge in [-0.15, -0.1) is 0 Å². The number of likely N-dealkylation sites (tertiary alicyclic amines) is 2. The van der Waals surface area contributed by atoms with Crippen LogP contribution in [0.5, 0.6) is 5.75 Å². The second kappa shape index (κ2) is 9.02. The second-order valence-electron chi connectivity index (χ2n) is 9.00. The summed E-state index contributed by atoms with van der Waals surface area (Å²) < 4.78 is 11.0. The summed E-state index contributed by atoms with van der Waals surface area (Å²) in [4.78, 5) is 28.6. The van der Waals surface area contributed by atoms with E-state index in [4.69, 9.17) is 14.7 Å². The van der Waals surface area contributed by atoms with Gasteiger partial charge in [0.25, 0.3) is 0 Å².